The van der Waals surface area contributed by atoms with Crippen molar-refractivity contribution in [1.82, 2.24) is 15.2 Å². The van der Waals surface area contributed by atoms with Crippen molar-refractivity contribution in [3.8, 4) is 0 Å². The molecule has 1 rings (SSSR count). The van der Waals surface area contributed by atoms with Crippen molar-refractivity contribution in [1.29, 1.82) is 0 Å². The summed E-state index contributed by atoms with van der Waals surface area (Å²) in [6.45, 7) is 4.45. The molecule has 0 aliphatic heterocycles. The molecule has 0 radical (unpaired) electrons. The SMILES string of the molecule is CCC(CC)C(CCc1cnn(C)c1)NN. The maximum atomic E-state index is 5.62. The number of hydrogen-bond donors (Lipinski definition) is 2. The molecule has 0 spiro atoms. The number of aromatic nitrogens is 2. The van der Waals surface area contributed by atoms with Gasteiger partial charge in [-0.25, -0.2) is 0 Å². The molecule has 1 unspecified atom stereocenters. The van der Waals surface area contributed by atoms with Crippen molar-refractivity contribution in [3.05, 3.63) is 18.0 Å². The summed E-state index contributed by atoms with van der Waals surface area (Å²) < 4.78 is 1.84. The van der Waals surface area contributed by atoms with E-state index in [1.165, 1.54) is 18.4 Å². The molecule has 4 nitrogen and oxygen atoms in total. The molecule has 1 aromatic heterocycles. The van der Waals surface area contributed by atoms with E-state index < -0.39 is 0 Å². The van der Waals surface area contributed by atoms with Gasteiger partial charge in [-0.2, -0.15) is 5.10 Å². The van der Waals surface area contributed by atoms with Crippen LogP contribution in [0.1, 0.15) is 38.7 Å². The third-order valence-corrected chi connectivity index (χ3v) is 3.33. The Morgan fingerprint density at radius 3 is 2.56 bits per heavy atom. The first kappa shape index (κ1) is 13.2. The molecule has 4 heteroatoms. The Morgan fingerprint density at radius 1 is 1.44 bits per heavy atom. The van der Waals surface area contributed by atoms with Gasteiger partial charge in [-0.15, -0.1) is 0 Å². The maximum Gasteiger partial charge on any atom is 0.0521 e. The number of nitrogens with zero attached hydrogens (tertiary/aromatic N) is 2. The van der Waals surface area contributed by atoms with Gasteiger partial charge >= 0.3 is 0 Å². The predicted molar refractivity (Wildman–Crippen MR) is 66.7 cm³/mol. The smallest absolute Gasteiger partial charge is 0.0521 e. The van der Waals surface area contributed by atoms with E-state index in [0.29, 0.717) is 12.0 Å². The lowest BCUT2D eigenvalue weighted by Gasteiger charge is -2.24. The van der Waals surface area contributed by atoms with Crippen LogP contribution < -0.4 is 11.3 Å². The van der Waals surface area contributed by atoms with Crippen LogP contribution in [0.25, 0.3) is 0 Å². The minimum Gasteiger partial charge on any atom is -0.276 e. The average Bonchev–Trinajstić information content (AvgIpc) is 2.70. The molecule has 0 bridgehead atoms. The zero-order valence-electron chi connectivity index (χ0n) is 10.6. The van der Waals surface area contributed by atoms with Gasteiger partial charge in [0.2, 0.25) is 0 Å². The molecule has 0 aromatic carbocycles. The van der Waals surface area contributed by atoms with Crippen LogP contribution in [0.4, 0.5) is 0 Å². The van der Waals surface area contributed by atoms with E-state index >= 15 is 0 Å². The van der Waals surface area contributed by atoms with Gasteiger partial charge in [0.15, 0.2) is 0 Å². The second kappa shape index (κ2) is 6.66. The Balaban J connectivity index is 2.44. The lowest BCUT2D eigenvalue weighted by Crippen LogP contribution is -2.40. The first-order valence-electron chi connectivity index (χ1n) is 6.14. The first-order valence-corrected chi connectivity index (χ1v) is 6.14. The Morgan fingerprint density at radius 2 is 2.12 bits per heavy atom. The topological polar surface area (TPSA) is 55.9 Å². The fourth-order valence-electron chi connectivity index (χ4n) is 2.24. The van der Waals surface area contributed by atoms with Crippen LogP contribution in [0.15, 0.2) is 12.4 Å². The highest BCUT2D eigenvalue weighted by Crippen LogP contribution is 2.17. The minimum atomic E-state index is 0.412. The minimum absolute atomic E-state index is 0.412. The Labute approximate surface area is 98.2 Å². The van der Waals surface area contributed by atoms with Crippen molar-refractivity contribution in [3.63, 3.8) is 0 Å². The molecule has 92 valence electrons. The summed E-state index contributed by atoms with van der Waals surface area (Å²) in [5.74, 6) is 6.29. The van der Waals surface area contributed by atoms with Crippen molar-refractivity contribution in [2.24, 2.45) is 18.8 Å². The van der Waals surface area contributed by atoms with E-state index in [1.807, 2.05) is 17.9 Å². The van der Waals surface area contributed by atoms with E-state index in [1.54, 1.807) is 0 Å². The van der Waals surface area contributed by atoms with E-state index in [4.69, 9.17) is 5.84 Å². The fourth-order valence-corrected chi connectivity index (χ4v) is 2.24. The maximum absolute atomic E-state index is 5.62. The largest absolute Gasteiger partial charge is 0.276 e. The van der Waals surface area contributed by atoms with E-state index in [2.05, 4.69) is 30.6 Å². The third-order valence-electron chi connectivity index (χ3n) is 3.33. The molecule has 0 fully saturated rings. The van der Waals surface area contributed by atoms with Gasteiger partial charge in [0.05, 0.1) is 6.20 Å². The van der Waals surface area contributed by atoms with Crippen molar-refractivity contribution in [2.45, 2.75) is 45.6 Å². The summed E-state index contributed by atoms with van der Waals surface area (Å²) in [5, 5.41) is 4.17. The quantitative estimate of drug-likeness (QED) is 0.546. The highest BCUT2D eigenvalue weighted by atomic mass is 15.2. The number of rotatable bonds is 7. The van der Waals surface area contributed by atoms with Crippen LogP contribution in [0, 0.1) is 5.92 Å². The van der Waals surface area contributed by atoms with Gasteiger partial charge in [-0.05, 0) is 24.3 Å². The van der Waals surface area contributed by atoms with Crippen LogP contribution in [0.5, 0.6) is 0 Å². The average molecular weight is 224 g/mol. The molecule has 0 aliphatic carbocycles. The summed E-state index contributed by atoms with van der Waals surface area (Å²) in [5.41, 5.74) is 4.24. The summed E-state index contributed by atoms with van der Waals surface area (Å²) in [7, 11) is 1.95. The first-order chi connectivity index (χ1) is 7.71. The molecule has 3 N–H and O–H groups in total. The molecule has 1 heterocycles. The third kappa shape index (κ3) is 3.61. The molecule has 1 aromatic rings. The molecule has 16 heavy (non-hydrogen) atoms. The van der Waals surface area contributed by atoms with Gasteiger partial charge in [0, 0.05) is 19.3 Å². The van der Waals surface area contributed by atoms with E-state index in [9.17, 15) is 0 Å². The number of hydrogen-bond acceptors (Lipinski definition) is 3. The Hall–Kier alpha value is -0.870. The van der Waals surface area contributed by atoms with Gasteiger partial charge in [0.25, 0.3) is 0 Å². The molecule has 0 saturated heterocycles. The van der Waals surface area contributed by atoms with Gasteiger partial charge < -0.3 is 0 Å². The number of aryl methyl sites for hydroxylation is 2. The Bertz CT molecular complexity index is 291. The fraction of sp³-hybridized carbons (Fsp3) is 0.750. The Kier molecular flexibility index (Phi) is 5.49. The van der Waals surface area contributed by atoms with Crippen LogP contribution in [-0.2, 0) is 13.5 Å². The van der Waals surface area contributed by atoms with Gasteiger partial charge in [0.1, 0.15) is 0 Å². The zero-order valence-corrected chi connectivity index (χ0v) is 10.6. The normalized spacial score (nSPS) is 13.3. The van der Waals surface area contributed by atoms with Crippen LogP contribution >= 0.6 is 0 Å². The van der Waals surface area contributed by atoms with Crippen molar-refractivity contribution in [2.75, 3.05) is 0 Å². The number of nitrogens with one attached hydrogen (secondary N) is 1. The number of nitrogens with two attached hydrogens (primary N) is 1. The van der Waals surface area contributed by atoms with Crippen molar-refractivity contribution >= 4 is 0 Å². The molecule has 1 atom stereocenters. The van der Waals surface area contributed by atoms with E-state index in [0.717, 1.165) is 12.8 Å². The van der Waals surface area contributed by atoms with Crippen LogP contribution in [0.3, 0.4) is 0 Å². The van der Waals surface area contributed by atoms with Crippen LogP contribution in [0.2, 0.25) is 0 Å². The second-order valence-corrected chi connectivity index (χ2v) is 4.41. The van der Waals surface area contributed by atoms with E-state index in [-0.39, 0.29) is 0 Å². The second-order valence-electron chi connectivity index (χ2n) is 4.41. The lowest BCUT2D eigenvalue weighted by molar-refractivity contribution is 0.321. The standard InChI is InChI=1S/C12H24N4/c1-4-11(5-2)12(15-13)7-6-10-8-14-16(3)9-10/h8-9,11-12,15H,4-7,13H2,1-3H3. The van der Waals surface area contributed by atoms with Gasteiger partial charge in [-0.1, -0.05) is 26.7 Å². The van der Waals surface area contributed by atoms with Gasteiger partial charge in [-0.3, -0.25) is 16.0 Å². The summed E-state index contributed by atoms with van der Waals surface area (Å²) in [6, 6.07) is 0.412. The molecular weight excluding hydrogens is 200 g/mol. The molecule has 0 amide bonds. The highest BCUT2D eigenvalue weighted by Gasteiger charge is 2.16. The molecule has 0 saturated carbocycles. The van der Waals surface area contributed by atoms with Crippen LogP contribution in [-0.4, -0.2) is 15.8 Å². The summed E-state index contributed by atoms with van der Waals surface area (Å²) >= 11 is 0. The number of hydrazine groups is 1. The predicted octanol–water partition coefficient (Wildman–Crippen LogP) is 1.62. The summed E-state index contributed by atoms with van der Waals surface area (Å²) in [4.78, 5) is 0. The summed E-state index contributed by atoms with van der Waals surface area (Å²) in [6.07, 6.45) is 8.48. The lowest BCUT2D eigenvalue weighted by atomic mass is 9.90. The zero-order chi connectivity index (χ0) is 12.0. The monoisotopic (exact) mass is 224 g/mol. The van der Waals surface area contributed by atoms with Crippen molar-refractivity contribution < 1.29 is 0 Å². The molecular formula is C12H24N4. The highest BCUT2D eigenvalue weighted by molar-refractivity contribution is 5.04. The molecule has 0 aliphatic rings.